The Labute approximate surface area is 163 Å². The van der Waals surface area contributed by atoms with Gasteiger partial charge >= 0.3 is 5.97 Å². The maximum Gasteiger partial charge on any atom is 0.305 e. The van der Waals surface area contributed by atoms with Crippen molar-refractivity contribution in [2.75, 3.05) is 27.9 Å². The predicted octanol–water partition coefficient (Wildman–Crippen LogP) is 2.42. The number of amides is 1. The Morgan fingerprint density at radius 1 is 0.929 bits per heavy atom. The van der Waals surface area contributed by atoms with E-state index in [1.54, 1.807) is 42.5 Å². The summed E-state index contributed by atoms with van der Waals surface area (Å²) in [6.07, 6.45) is -0.296. The summed E-state index contributed by atoms with van der Waals surface area (Å²) in [5, 5.41) is 11.9. The van der Waals surface area contributed by atoms with Crippen molar-refractivity contribution in [1.82, 2.24) is 5.32 Å². The molecule has 0 bridgehead atoms. The number of ether oxygens (including phenoxy) is 4. The summed E-state index contributed by atoms with van der Waals surface area (Å²) in [7, 11) is 4.49. The van der Waals surface area contributed by atoms with Crippen molar-refractivity contribution in [2.45, 2.75) is 12.5 Å². The molecule has 2 aromatic carbocycles. The van der Waals surface area contributed by atoms with Crippen LogP contribution in [0.3, 0.4) is 0 Å². The zero-order valence-corrected chi connectivity index (χ0v) is 15.9. The van der Waals surface area contributed by atoms with E-state index in [4.69, 9.17) is 18.9 Å². The highest BCUT2D eigenvalue weighted by molar-refractivity contribution is 5.79. The van der Waals surface area contributed by atoms with Crippen LogP contribution in [0.5, 0.6) is 23.0 Å². The van der Waals surface area contributed by atoms with Crippen molar-refractivity contribution < 1.29 is 33.6 Å². The Bertz CT molecular complexity index is 822. The lowest BCUT2D eigenvalue weighted by molar-refractivity contribution is -0.137. The number of benzene rings is 2. The molecule has 0 heterocycles. The molecule has 2 N–H and O–H groups in total. The lowest BCUT2D eigenvalue weighted by atomic mass is 10.0. The number of hydrogen-bond donors (Lipinski definition) is 2. The van der Waals surface area contributed by atoms with Gasteiger partial charge in [-0.25, -0.2) is 0 Å². The lowest BCUT2D eigenvalue weighted by Gasteiger charge is -2.19. The van der Waals surface area contributed by atoms with E-state index in [0.717, 1.165) is 0 Å². The molecule has 0 saturated heterocycles. The molecule has 0 aromatic heterocycles. The van der Waals surface area contributed by atoms with Gasteiger partial charge in [0.15, 0.2) is 29.6 Å². The molecule has 8 nitrogen and oxygen atoms in total. The molecule has 1 atom stereocenters. The van der Waals surface area contributed by atoms with E-state index in [0.29, 0.717) is 28.6 Å². The summed E-state index contributed by atoms with van der Waals surface area (Å²) in [5.74, 6) is 0.345. The first-order valence-corrected chi connectivity index (χ1v) is 8.47. The van der Waals surface area contributed by atoms with Crippen molar-refractivity contribution in [3.63, 3.8) is 0 Å². The fraction of sp³-hybridized carbons (Fsp3) is 0.300. The average molecular weight is 389 g/mol. The van der Waals surface area contributed by atoms with Gasteiger partial charge in [-0.2, -0.15) is 0 Å². The van der Waals surface area contributed by atoms with Gasteiger partial charge in [0.05, 0.1) is 33.8 Å². The molecule has 8 heteroatoms. The van der Waals surface area contributed by atoms with Crippen LogP contribution >= 0.6 is 0 Å². The van der Waals surface area contributed by atoms with Crippen LogP contribution in [0.1, 0.15) is 18.0 Å². The van der Waals surface area contributed by atoms with E-state index in [-0.39, 0.29) is 13.0 Å². The van der Waals surface area contributed by atoms with Gasteiger partial charge in [0.1, 0.15) is 0 Å². The number of carbonyl (C=O) groups excluding carboxylic acids is 1. The minimum Gasteiger partial charge on any atom is -0.493 e. The molecule has 0 fully saturated rings. The molecule has 1 unspecified atom stereocenters. The second-order valence-corrected chi connectivity index (χ2v) is 5.77. The van der Waals surface area contributed by atoms with E-state index in [2.05, 4.69) is 5.32 Å². The molecule has 0 radical (unpaired) electrons. The SMILES string of the molecule is COc1ccc(C(CC(=O)O)NC(=O)COc2ccccc2OC)cc1OC. The highest BCUT2D eigenvalue weighted by Gasteiger charge is 2.20. The fourth-order valence-corrected chi connectivity index (χ4v) is 2.61. The average Bonchev–Trinajstić information content (AvgIpc) is 2.71. The molecule has 0 aliphatic rings. The van der Waals surface area contributed by atoms with Crippen molar-refractivity contribution >= 4 is 11.9 Å². The van der Waals surface area contributed by atoms with Crippen LogP contribution in [0.2, 0.25) is 0 Å². The number of rotatable bonds is 10. The Morgan fingerprint density at radius 2 is 1.54 bits per heavy atom. The van der Waals surface area contributed by atoms with Gasteiger partial charge in [-0.1, -0.05) is 18.2 Å². The van der Waals surface area contributed by atoms with Crippen molar-refractivity contribution in [2.24, 2.45) is 0 Å². The Balaban J connectivity index is 2.11. The van der Waals surface area contributed by atoms with E-state index >= 15 is 0 Å². The number of para-hydroxylation sites is 2. The smallest absolute Gasteiger partial charge is 0.305 e. The largest absolute Gasteiger partial charge is 0.493 e. The Morgan fingerprint density at radius 3 is 2.14 bits per heavy atom. The summed E-state index contributed by atoms with van der Waals surface area (Å²) in [6.45, 7) is -0.288. The first-order valence-electron chi connectivity index (χ1n) is 8.47. The topological polar surface area (TPSA) is 103 Å². The molecule has 0 aliphatic heterocycles. The van der Waals surface area contributed by atoms with Crippen LogP contribution in [-0.4, -0.2) is 44.9 Å². The monoisotopic (exact) mass is 389 g/mol. The summed E-state index contributed by atoms with van der Waals surface area (Å²) < 4.78 is 21.1. The molecular formula is C20H23NO7. The van der Waals surface area contributed by atoms with Gasteiger partial charge in [0.25, 0.3) is 5.91 Å². The van der Waals surface area contributed by atoms with E-state index in [9.17, 15) is 14.7 Å². The minimum absolute atomic E-state index is 0.288. The van der Waals surface area contributed by atoms with Crippen LogP contribution in [-0.2, 0) is 9.59 Å². The summed E-state index contributed by atoms with van der Waals surface area (Å²) >= 11 is 0. The number of nitrogens with one attached hydrogen (secondary N) is 1. The highest BCUT2D eigenvalue weighted by Crippen LogP contribution is 2.31. The first kappa shape index (κ1) is 20.9. The second-order valence-electron chi connectivity index (χ2n) is 5.77. The number of carbonyl (C=O) groups is 2. The van der Waals surface area contributed by atoms with Gasteiger partial charge < -0.3 is 29.4 Å². The molecule has 0 saturated carbocycles. The Kier molecular flexibility index (Phi) is 7.50. The lowest BCUT2D eigenvalue weighted by Crippen LogP contribution is -2.34. The zero-order valence-electron chi connectivity index (χ0n) is 15.9. The maximum atomic E-state index is 12.3. The van der Waals surface area contributed by atoms with Crippen LogP contribution in [0, 0.1) is 0 Å². The highest BCUT2D eigenvalue weighted by atomic mass is 16.5. The number of hydrogen-bond acceptors (Lipinski definition) is 6. The van der Waals surface area contributed by atoms with Gasteiger partial charge in [-0.3, -0.25) is 9.59 Å². The van der Waals surface area contributed by atoms with Gasteiger partial charge in [0.2, 0.25) is 0 Å². The summed E-state index contributed by atoms with van der Waals surface area (Å²) in [5.41, 5.74) is 0.575. The summed E-state index contributed by atoms with van der Waals surface area (Å²) in [4.78, 5) is 23.6. The molecule has 28 heavy (non-hydrogen) atoms. The normalized spacial score (nSPS) is 11.2. The Hall–Kier alpha value is -3.42. The van der Waals surface area contributed by atoms with Gasteiger partial charge in [-0.15, -0.1) is 0 Å². The van der Waals surface area contributed by atoms with Crippen LogP contribution in [0.4, 0.5) is 0 Å². The van der Waals surface area contributed by atoms with E-state index < -0.39 is 17.9 Å². The molecule has 2 rings (SSSR count). The molecular weight excluding hydrogens is 366 g/mol. The number of carboxylic acid groups (broad SMARTS) is 1. The summed E-state index contributed by atoms with van der Waals surface area (Å²) in [6, 6.07) is 11.1. The molecule has 0 spiro atoms. The third-order valence-electron chi connectivity index (χ3n) is 3.95. The molecule has 150 valence electrons. The maximum absolute atomic E-state index is 12.3. The molecule has 2 aromatic rings. The molecule has 0 aliphatic carbocycles. The minimum atomic E-state index is -1.05. The third kappa shape index (κ3) is 5.54. The number of aliphatic carboxylic acids is 1. The fourth-order valence-electron chi connectivity index (χ4n) is 2.61. The predicted molar refractivity (Wildman–Crippen MR) is 101 cm³/mol. The van der Waals surface area contributed by atoms with Crippen LogP contribution < -0.4 is 24.3 Å². The zero-order chi connectivity index (χ0) is 20.5. The van der Waals surface area contributed by atoms with Gasteiger partial charge in [0, 0.05) is 0 Å². The standard InChI is InChI=1S/C20H23NO7/c1-25-15-6-4-5-7-17(15)28-12-19(22)21-14(11-20(23)24)13-8-9-16(26-2)18(10-13)27-3/h4-10,14H,11-12H2,1-3H3,(H,21,22)(H,23,24). The van der Waals surface area contributed by atoms with Crippen molar-refractivity contribution in [1.29, 1.82) is 0 Å². The quantitative estimate of drug-likeness (QED) is 0.643. The second kappa shape index (κ2) is 10.1. The third-order valence-corrected chi connectivity index (χ3v) is 3.95. The van der Waals surface area contributed by atoms with E-state index in [1.165, 1.54) is 21.3 Å². The van der Waals surface area contributed by atoms with Gasteiger partial charge in [-0.05, 0) is 29.8 Å². The van der Waals surface area contributed by atoms with Crippen LogP contribution in [0.15, 0.2) is 42.5 Å². The van der Waals surface area contributed by atoms with Crippen molar-refractivity contribution in [3.8, 4) is 23.0 Å². The number of carboxylic acids is 1. The number of methoxy groups -OCH3 is 3. The van der Waals surface area contributed by atoms with Crippen molar-refractivity contribution in [3.05, 3.63) is 48.0 Å². The van der Waals surface area contributed by atoms with Crippen LogP contribution in [0.25, 0.3) is 0 Å². The first-order chi connectivity index (χ1) is 13.5. The van der Waals surface area contributed by atoms with E-state index in [1.807, 2.05) is 0 Å². The molecule has 1 amide bonds.